The first-order valence-corrected chi connectivity index (χ1v) is 5.90. The highest BCUT2D eigenvalue weighted by Crippen LogP contribution is 2.13. The molecule has 4 heteroatoms. The number of nitrogens with one attached hydrogen (secondary N) is 1. The third kappa shape index (κ3) is 6.36. The Morgan fingerprint density at radius 2 is 2.00 bits per heavy atom. The molecule has 0 aromatic heterocycles. The van der Waals surface area contributed by atoms with Crippen LogP contribution in [0.4, 0.5) is 0 Å². The third-order valence-electron chi connectivity index (χ3n) is 3.05. The van der Waals surface area contributed by atoms with Gasteiger partial charge in [-0.25, -0.2) is 0 Å². The molecule has 1 aliphatic rings. The molecule has 0 radical (unpaired) electrons. The summed E-state index contributed by atoms with van der Waals surface area (Å²) in [5, 5.41) is 12.2. The highest BCUT2D eigenvalue weighted by molar-refractivity contribution is 5.85. The quantitative estimate of drug-likeness (QED) is 0.726. The van der Waals surface area contributed by atoms with Crippen molar-refractivity contribution in [1.29, 1.82) is 0 Å². The number of hydrogen-bond donors (Lipinski definition) is 2. The first-order chi connectivity index (χ1) is 6.86. The normalized spacial score (nSPS) is 17.8. The summed E-state index contributed by atoms with van der Waals surface area (Å²) in [5.41, 5.74) is 0. The fraction of sp³-hybridized carbons (Fsp3) is 1.00. The van der Waals surface area contributed by atoms with Gasteiger partial charge < -0.3 is 15.3 Å². The minimum Gasteiger partial charge on any atom is -0.396 e. The Kier molecular flexibility index (Phi) is 9.51. The summed E-state index contributed by atoms with van der Waals surface area (Å²) >= 11 is 0. The zero-order valence-electron chi connectivity index (χ0n) is 9.74. The van der Waals surface area contributed by atoms with Crippen LogP contribution in [0.15, 0.2) is 0 Å². The van der Waals surface area contributed by atoms with E-state index in [2.05, 4.69) is 17.1 Å². The van der Waals surface area contributed by atoms with E-state index < -0.39 is 0 Å². The van der Waals surface area contributed by atoms with Crippen LogP contribution in [-0.4, -0.2) is 49.3 Å². The molecule has 1 heterocycles. The van der Waals surface area contributed by atoms with Gasteiger partial charge in [-0.15, -0.1) is 12.4 Å². The first-order valence-electron chi connectivity index (χ1n) is 5.90. The van der Waals surface area contributed by atoms with Crippen LogP contribution < -0.4 is 5.32 Å². The minimum absolute atomic E-state index is 0. The molecule has 0 aromatic rings. The number of aliphatic hydroxyl groups excluding tert-OH is 1. The van der Waals surface area contributed by atoms with Crippen molar-refractivity contribution in [2.75, 3.05) is 39.3 Å². The van der Waals surface area contributed by atoms with E-state index in [0.29, 0.717) is 6.61 Å². The summed E-state index contributed by atoms with van der Waals surface area (Å²) in [6.07, 6.45) is 3.55. The molecule has 0 unspecified atom stereocenters. The topological polar surface area (TPSA) is 35.5 Å². The Morgan fingerprint density at radius 1 is 1.33 bits per heavy atom. The van der Waals surface area contributed by atoms with E-state index in [1.807, 2.05) is 0 Å². The van der Waals surface area contributed by atoms with Crippen LogP contribution in [0.2, 0.25) is 0 Å². The largest absolute Gasteiger partial charge is 0.396 e. The van der Waals surface area contributed by atoms with Gasteiger partial charge in [0.1, 0.15) is 0 Å². The van der Waals surface area contributed by atoms with Crippen molar-refractivity contribution in [3.8, 4) is 0 Å². The van der Waals surface area contributed by atoms with Gasteiger partial charge in [0.15, 0.2) is 0 Å². The van der Waals surface area contributed by atoms with Crippen molar-refractivity contribution in [3.63, 3.8) is 0 Å². The van der Waals surface area contributed by atoms with Gasteiger partial charge in [-0.3, -0.25) is 0 Å². The Hall–Kier alpha value is 0.170. The molecule has 3 nitrogen and oxygen atoms in total. The monoisotopic (exact) mass is 236 g/mol. The lowest BCUT2D eigenvalue weighted by Gasteiger charge is -2.29. The van der Waals surface area contributed by atoms with E-state index >= 15 is 0 Å². The van der Waals surface area contributed by atoms with Gasteiger partial charge in [0.25, 0.3) is 0 Å². The minimum atomic E-state index is 0. The molecule has 0 amide bonds. The molecule has 0 aliphatic carbocycles. The number of piperidine rings is 1. The average molecular weight is 237 g/mol. The van der Waals surface area contributed by atoms with Crippen LogP contribution in [0, 0.1) is 5.92 Å². The summed E-state index contributed by atoms with van der Waals surface area (Å²) in [7, 11) is 0. The molecular weight excluding hydrogens is 212 g/mol. The lowest BCUT2D eigenvalue weighted by molar-refractivity contribution is 0.191. The molecule has 1 saturated heterocycles. The number of rotatable bonds is 6. The van der Waals surface area contributed by atoms with Crippen LogP contribution in [0.25, 0.3) is 0 Å². The zero-order valence-corrected chi connectivity index (χ0v) is 10.6. The molecule has 0 atom stereocenters. The van der Waals surface area contributed by atoms with Crippen molar-refractivity contribution in [2.45, 2.75) is 26.2 Å². The Balaban J connectivity index is 0.00000196. The summed E-state index contributed by atoms with van der Waals surface area (Å²) in [4.78, 5) is 2.46. The van der Waals surface area contributed by atoms with Gasteiger partial charge in [-0.05, 0) is 44.8 Å². The maximum atomic E-state index is 8.78. The maximum absolute atomic E-state index is 8.78. The smallest absolute Gasteiger partial charge is 0.0443 e. The van der Waals surface area contributed by atoms with Crippen molar-refractivity contribution in [3.05, 3.63) is 0 Å². The van der Waals surface area contributed by atoms with Gasteiger partial charge >= 0.3 is 0 Å². The van der Waals surface area contributed by atoms with Crippen molar-refractivity contribution >= 4 is 12.4 Å². The molecule has 1 rings (SSSR count). The highest BCUT2D eigenvalue weighted by Gasteiger charge is 2.15. The van der Waals surface area contributed by atoms with Crippen molar-refractivity contribution in [1.82, 2.24) is 10.2 Å². The molecule has 0 spiro atoms. The van der Waals surface area contributed by atoms with E-state index in [9.17, 15) is 0 Å². The summed E-state index contributed by atoms with van der Waals surface area (Å²) in [6.45, 7) is 8.28. The molecular formula is C11H25ClN2O. The molecule has 0 bridgehead atoms. The van der Waals surface area contributed by atoms with Crippen LogP contribution in [0.3, 0.4) is 0 Å². The summed E-state index contributed by atoms with van der Waals surface area (Å²) in [5.74, 6) is 0.870. The molecule has 15 heavy (non-hydrogen) atoms. The standard InChI is InChI=1S/C11H24N2O.ClH/c1-2-13(8-3-9-14)10-11-4-6-12-7-5-11;/h11-12,14H,2-10H2,1H3;1H. The fourth-order valence-corrected chi connectivity index (χ4v) is 2.10. The predicted molar refractivity (Wildman–Crippen MR) is 66.7 cm³/mol. The summed E-state index contributed by atoms with van der Waals surface area (Å²) < 4.78 is 0. The van der Waals surface area contributed by atoms with E-state index in [-0.39, 0.29) is 12.4 Å². The molecule has 0 aromatic carbocycles. The van der Waals surface area contributed by atoms with Gasteiger partial charge in [0.05, 0.1) is 0 Å². The Morgan fingerprint density at radius 3 is 2.53 bits per heavy atom. The van der Waals surface area contributed by atoms with Crippen LogP contribution in [0.1, 0.15) is 26.2 Å². The number of nitrogens with zero attached hydrogens (tertiary/aromatic N) is 1. The second kappa shape index (κ2) is 9.40. The summed E-state index contributed by atoms with van der Waals surface area (Å²) in [6, 6.07) is 0. The highest BCUT2D eigenvalue weighted by atomic mass is 35.5. The first kappa shape index (κ1) is 15.2. The second-order valence-electron chi connectivity index (χ2n) is 4.16. The number of aliphatic hydroxyl groups is 1. The van der Waals surface area contributed by atoms with Gasteiger partial charge in [-0.2, -0.15) is 0 Å². The average Bonchev–Trinajstić information content (AvgIpc) is 2.25. The number of hydrogen-bond acceptors (Lipinski definition) is 3. The maximum Gasteiger partial charge on any atom is 0.0443 e. The lowest BCUT2D eigenvalue weighted by atomic mass is 9.97. The Bertz CT molecular complexity index is 141. The van der Waals surface area contributed by atoms with E-state index in [1.54, 1.807) is 0 Å². The van der Waals surface area contributed by atoms with Crippen LogP contribution in [-0.2, 0) is 0 Å². The number of halogens is 1. The fourth-order valence-electron chi connectivity index (χ4n) is 2.10. The molecule has 2 N–H and O–H groups in total. The lowest BCUT2D eigenvalue weighted by Crippen LogP contribution is -2.36. The third-order valence-corrected chi connectivity index (χ3v) is 3.05. The van der Waals surface area contributed by atoms with Gasteiger partial charge in [0.2, 0.25) is 0 Å². The SMILES string of the molecule is CCN(CCCO)CC1CCNCC1.Cl. The predicted octanol–water partition coefficient (Wildman–Crippen LogP) is 1.11. The van der Waals surface area contributed by atoms with Gasteiger partial charge in [0, 0.05) is 19.7 Å². The Labute approximate surface area is 99.6 Å². The zero-order chi connectivity index (χ0) is 10.2. The molecule has 1 aliphatic heterocycles. The molecule has 92 valence electrons. The van der Waals surface area contributed by atoms with E-state index in [0.717, 1.165) is 25.4 Å². The van der Waals surface area contributed by atoms with Crippen molar-refractivity contribution < 1.29 is 5.11 Å². The van der Waals surface area contributed by atoms with Crippen LogP contribution >= 0.6 is 12.4 Å². The van der Waals surface area contributed by atoms with Crippen molar-refractivity contribution in [2.24, 2.45) is 5.92 Å². The van der Waals surface area contributed by atoms with Gasteiger partial charge in [-0.1, -0.05) is 6.92 Å². The van der Waals surface area contributed by atoms with E-state index in [4.69, 9.17) is 5.11 Å². The second-order valence-corrected chi connectivity index (χ2v) is 4.16. The van der Waals surface area contributed by atoms with Crippen LogP contribution in [0.5, 0.6) is 0 Å². The van der Waals surface area contributed by atoms with E-state index in [1.165, 1.54) is 32.5 Å². The molecule has 1 fully saturated rings. The molecule has 0 saturated carbocycles.